The predicted molar refractivity (Wildman–Crippen MR) is 89.4 cm³/mol. The van der Waals surface area contributed by atoms with Crippen molar-refractivity contribution in [3.63, 3.8) is 0 Å². The molecule has 0 aromatic heterocycles. The van der Waals surface area contributed by atoms with Crippen molar-refractivity contribution in [1.82, 2.24) is 10.2 Å². The molecular weight excluding hydrogens is 276 g/mol. The van der Waals surface area contributed by atoms with Crippen LogP contribution in [0, 0.1) is 0 Å². The standard InChI is InChI=1S/C18H28N2O2/c1-3-10-20-11-8-16(9-12-20)19-18(21)15-6-5-7-17(14-15)22-13-4-2/h5-7,14,16H,3-4,8-13H2,1-2H3,(H,19,21). The third kappa shape index (κ3) is 5.02. The van der Waals surface area contributed by atoms with Gasteiger partial charge in [0.15, 0.2) is 0 Å². The number of rotatable bonds is 7. The van der Waals surface area contributed by atoms with E-state index in [-0.39, 0.29) is 5.91 Å². The summed E-state index contributed by atoms with van der Waals surface area (Å²) in [6.45, 7) is 8.29. The van der Waals surface area contributed by atoms with E-state index in [4.69, 9.17) is 4.74 Å². The molecule has 22 heavy (non-hydrogen) atoms. The lowest BCUT2D eigenvalue weighted by atomic mass is 10.0. The van der Waals surface area contributed by atoms with Crippen LogP contribution in [0.2, 0.25) is 0 Å². The molecule has 2 rings (SSSR count). The molecule has 1 fully saturated rings. The first-order chi connectivity index (χ1) is 10.7. The van der Waals surface area contributed by atoms with Gasteiger partial charge in [0.05, 0.1) is 6.61 Å². The summed E-state index contributed by atoms with van der Waals surface area (Å²) in [4.78, 5) is 14.8. The number of piperidine rings is 1. The van der Waals surface area contributed by atoms with Crippen LogP contribution in [0.15, 0.2) is 24.3 Å². The lowest BCUT2D eigenvalue weighted by molar-refractivity contribution is 0.0910. The Kier molecular flexibility index (Phi) is 6.72. The van der Waals surface area contributed by atoms with Gasteiger partial charge in [0.25, 0.3) is 5.91 Å². The lowest BCUT2D eigenvalue weighted by Gasteiger charge is -2.32. The van der Waals surface area contributed by atoms with Crippen molar-refractivity contribution in [2.45, 2.75) is 45.6 Å². The normalized spacial score (nSPS) is 16.5. The summed E-state index contributed by atoms with van der Waals surface area (Å²) in [5.74, 6) is 0.781. The summed E-state index contributed by atoms with van der Waals surface area (Å²) >= 11 is 0. The van der Waals surface area contributed by atoms with E-state index in [2.05, 4.69) is 24.1 Å². The van der Waals surface area contributed by atoms with Gasteiger partial charge in [-0.1, -0.05) is 19.9 Å². The van der Waals surface area contributed by atoms with Crippen LogP contribution in [0.4, 0.5) is 0 Å². The number of hydrogen-bond donors (Lipinski definition) is 1. The molecule has 1 aromatic carbocycles. The summed E-state index contributed by atoms with van der Waals surface area (Å²) in [5, 5.41) is 3.16. The second-order valence-electron chi connectivity index (χ2n) is 5.97. The van der Waals surface area contributed by atoms with Crippen LogP contribution in [-0.2, 0) is 0 Å². The molecule has 0 spiro atoms. The fourth-order valence-electron chi connectivity index (χ4n) is 2.83. The summed E-state index contributed by atoms with van der Waals surface area (Å²) < 4.78 is 5.59. The maximum Gasteiger partial charge on any atom is 0.251 e. The van der Waals surface area contributed by atoms with E-state index < -0.39 is 0 Å². The van der Waals surface area contributed by atoms with E-state index in [1.807, 2.05) is 24.3 Å². The van der Waals surface area contributed by atoms with Gasteiger partial charge in [-0.05, 0) is 50.4 Å². The molecule has 1 aliphatic heterocycles. The minimum absolute atomic E-state index is 0.0101. The number of carbonyl (C=O) groups excluding carboxylic acids is 1. The molecule has 122 valence electrons. The van der Waals surface area contributed by atoms with E-state index in [0.717, 1.165) is 44.6 Å². The zero-order valence-corrected chi connectivity index (χ0v) is 13.8. The molecule has 0 aliphatic carbocycles. The topological polar surface area (TPSA) is 41.6 Å². The van der Waals surface area contributed by atoms with Crippen molar-refractivity contribution < 1.29 is 9.53 Å². The summed E-state index contributed by atoms with van der Waals surface area (Å²) in [6.07, 6.45) is 4.24. The number of benzene rings is 1. The fourth-order valence-corrected chi connectivity index (χ4v) is 2.83. The van der Waals surface area contributed by atoms with Gasteiger partial charge in [-0.3, -0.25) is 4.79 Å². The predicted octanol–water partition coefficient (Wildman–Crippen LogP) is 3.08. The monoisotopic (exact) mass is 304 g/mol. The second kappa shape index (κ2) is 8.79. The van der Waals surface area contributed by atoms with E-state index in [0.29, 0.717) is 18.2 Å². The Morgan fingerprint density at radius 3 is 2.73 bits per heavy atom. The van der Waals surface area contributed by atoms with Crippen LogP contribution in [0.25, 0.3) is 0 Å². The van der Waals surface area contributed by atoms with Crippen LogP contribution in [0.5, 0.6) is 5.75 Å². The average molecular weight is 304 g/mol. The van der Waals surface area contributed by atoms with E-state index >= 15 is 0 Å². The molecule has 1 aromatic rings. The van der Waals surface area contributed by atoms with E-state index in [1.54, 1.807) is 0 Å². The first-order valence-electron chi connectivity index (χ1n) is 8.49. The molecule has 1 N–H and O–H groups in total. The van der Waals surface area contributed by atoms with Crippen LogP contribution in [-0.4, -0.2) is 43.1 Å². The number of likely N-dealkylation sites (tertiary alicyclic amines) is 1. The first-order valence-corrected chi connectivity index (χ1v) is 8.49. The minimum Gasteiger partial charge on any atom is -0.494 e. The van der Waals surface area contributed by atoms with Gasteiger partial charge in [-0.25, -0.2) is 0 Å². The largest absolute Gasteiger partial charge is 0.494 e. The van der Waals surface area contributed by atoms with Crippen molar-refractivity contribution >= 4 is 5.91 Å². The number of amides is 1. The van der Waals surface area contributed by atoms with Crippen molar-refractivity contribution in [3.8, 4) is 5.75 Å². The zero-order chi connectivity index (χ0) is 15.8. The summed E-state index contributed by atoms with van der Waals surface area (Å²) in [7, 11) is 0. The van der Waals surface area contributed by atoms with Gasteiger partial charge in [0.1, 0.15) is 5.75 Å². The Labute approximate surface area is 133 Å². The molecule has 0 unspecified atom stereocenters. The lowest BCUT2D eigenvalue weighted by Crippen LogP contribution is -2.44. The molecule has 0 saturated carbocycles. The van der Waals surface area contributed by atoms with Gasteiger partial charge in [-0.15, -0.1) is 0 Å². The molecule has 1 saturated heterocycles. The van der Waals surface area contributed by atoms with E-state index in [9.17, 15) is 4.79 Å². The quantitative estimate of drug-likeness (QED) is 0.841. The SMILES string of the molecule is CCCOc1cccc(C(=O)NC2CCN(CCC)CC2)c1. The smallest absolute Gasteiger partial charge is 0.251 e. The number of nitrogens with one attached hydrogen (secondary N) is 1. The zero-order valence-electron chi connectivity index (χ0n) is 13.8. The first kappa shape index (κ1) is 16.8. The second-order valence-corrected chi connectivity index (χ2v) is 5.97. The molecule has 4 nitrogen and oxygen atoms in total. The molecule has 0 radical (unpaired) electrons. The highest BCUT2D eigenvalue weighted by Crippen LogP contribution is 2.15. The van der Waals surface area contributed by atoms with Gasteiger partial charge in [-0.2, -0.15) is 0 Å². The number of nitrogens with zero attached hydrogens (tertiary/aromatic N) is 1. The Bertz CT molecular complexity index is 468. The Hall–Kier alpha value is -1.55. The van der Waals surface area contributed by atoms with Crippen molar-refractivity contribution in [1.29, 1.82) is 0 Å². The molecule has 4 heteroatoms. The van der Waals surface area contributed by atoms with Gasteiger partial charge in [0.2, 0.25) is 0 Å². The number of carbonyl (C=O) groups is 1. The number of hydrogen-bond acceptors (Lipinski definition) is 3. The maximum atomic E-state index is 12.4. The molecule has 1 heterocycles. The Balaban J connectivity index is 1.84. The van der Waals surface area contributed by atoms with Crippen molar-refractivity contribution in [3.05, 3.63) is 29.8 Å². The van der Waals surface area contributed by atoms with Crippen LogP contribution >= 0.6 is 0 Å². The van der Waals surface area contributed by atoms with Gasteiger partial charge >= 0.3 is 0 Å². The van der Waals surface area contributed by atoms with Crippen molar-refractivity contribution in [2.75, 3.05) is 26.2 Å². The molecule has 1 aliphatic rings. The molecule has 1 amide bonds. The van der Waals surface area contributed by atoms with Crippen LogP contribution < -0.4 is 10.1 Å². The molecular formula is C18H28N2O2. The number of ether oxygens (including phenoxy) is 1. The molecule has 0 bridgehead atoms. The van der Waals surface area contributed by atoms with Gasteiger partial charge < -0.3 is 15.0 Å². The van der Waals surface area contributed by atoms with Crippen molar-refractivity contribution in [2.24, 2.45) is 0 Å². The maximum absolute atomic E-state index is 12.4. The fraction of sp³-hybridized carbons (Fsp3) is 0.611. The third-order valence-corrected chi connectivity index (χ3v) is 4.03. The molecule has 0 atom stereocenters. The van der Waals surface area contributed by atoms with E-state index in [1.165, 1.54) is 6.42 Å². The summed E-state index contributed by atoms with van der Waals surface area (Å²) in [5.41, 5.74) is 0.685. The third-order valence-electron chi connectivity index (χ3n) is 4.03. The minimum atomic E-state index is 0.0101. The highest BCUT2D eigenvalue weighted by molar-refractivity contribution is 5.94. The Morgan fingerprint density at radius 1 is 1.27 bits per heavy atom. The van der Waals surface area contributed by atoms with Gasteiger partial charge in [0, 0.05) is 24.7 Å². The van der Waals surface area contributed by atoms with Crippen LogP contribution in [0.3, 0.4) is 0 Å². The average Bonchev–Trinajstić information content (AvgIpc) is 2.55. The summed E-state index contributed by atoms with van der Waals surface area (Å²) in [6, 6.07) is 7.75. The Morgan fingerprint density at radius 2 is 2.05 bits per heavy atom. The highest BCUT2D eigenvalue weighted by atomic mass is 16.5. The van der Waals surface area contributed by atoms with Crippen LogP contribution in [0.1, 0.15) is 49.9 Å². The highest BCUT2D eigenvalue weighted by Gasteiger charge is 2.20.